The number of piperidine rings is 1. The Hall–Kier alpha value is -10.1. The number of hydrogen-bond acceptors (Lipinski definition) is 26. The van der Waals surface area contributed by atoms with Crippen LogP contribution in [0.3, 0.4) is 0 Å². The average Bonchev–Trinajstić information content (AvgIpc) is 1.73. The number of aromatic nitrogens is 14. The highest BCUT2D eigenvalue weighted by atomic mass is 32.2. The van der Waals surface area contributed by atoms with E-state index in [9.17, 15) is 34.0 Å². The van der Waals surface area contributed by atoms with Crippen molar-refractivity contribution in [3.8, 4) is 40.9 Å². The first-order valence-electron chi connectivity index (χ1n) is 52.8. The number of nitrogens with zero attached hydrogens (tertiary/aromatic N) is 16. The van der Waals surface area contributed by atoms with Crippen molar-refractivity contribution in [3.05, 3.63) is 205 Å². The van der Waals surface area contributed by atoms with Crippen molar-refractivity contribution < 1.29 is 52.4 Å². The molecule has 0 spiro atoms. The molecule has 0 atom stereocenters. The fourth-order valence-corrected chi connectivity index (χ4v) is 19.2. The molecule has 0 unspecified atom stereocenters. The SMILES string of the molecule is C#Cc1cccc(CC(C)(C)C)n1.CC(C)(C)CCOc1ncccn1.CC(C)(C)Cc1cc(-c2ccccn2)on1.CC(C)(C)Cc1ncc(-c2ccc(C(C)(F)F)nc2)cn1.CC(C)(C)Cc1nccc(N2CCCCC2)n1.CC(C)(C)Cc1nnc(C2CCC2)o1.CC(C)CCNS(=O)(=O)C1CC1.CC(C)CCNS(=O)(=O)c1ccccc1.CC(C)CS(=O)(=O)CC1CC1.CC(C)Cc1nccc(N2CCOCC2)n1. The van der Waals surface area contributed by atoms with E-state index in [1.807, 2.05) is 80.8 Å². The molecule has 11 heterocycles. The van der Waals surface area contributed by atoms with Gasteiger partial charge in [0.05, 0.1) is 47.2 Å². The van der Waals surface area contributed by atoms with Crippen molar-refractivity contribution in [1.82, 2.24) is 79.6 Å². The summed E-state index contributed by atoms with van der Waals surface area (Å²) in [4.78, 5) is 51.9. The van der Waals surface area contributed by atoms with E-state index in [0.29, 0.717) is 77.1 Å². The zero-order chi connectivity index (χ0) is 110. The number of benzene rings is 1. The topological polar surface area (TPSA) is 358 Å². The number of morpholine rings is 1. The molecule has 2 saturated heterocycles. The highest BCUT2D eigenvalue weighted by Gasteiger charge is 2.36. The number of alkyl halides is 2. The summed E-state index contributed by atoms with van der Waals surface area (Å²) < 4.78 is 122. The number of anilines is 2. The van der Waals surface area contributed by atoms with E-state index in [1.165, 1.54) is 50.8 Å². The number of nitrogens with one attached hydrogen (secondary N) is 2. The molecule has 5 aliphatic rings. The van der Waals surface area contributed by atoms with Crippen LogP contribution in [0.25, 0.3) is 22.6 Å². The summed E-state index contributed by atoms with van der Waals surface area (Å²) in [5, 5.41) is 12.2. The van der Waals surface area contributed by atoms with Crippen LogP contribution in [-0.2, 0) is 79.1 Å². The van der Waals surface area contributed by atoms with Crippen LogP contribution < -0.4 is 24.0 Å². The molecular formula is C115H176F2N18O10S3. The quantitative estimate of drug-likeness (QED) is 0.0395. The van der Waals surface area contributed by atoms with Gasteiger partial charge in [-0.05, 0) is 213 Å². The largest absolute Gasteiger partial charge is 0.463 e. The smallest absolute Gasteiger partial charge is 0.316 e. The lowest BCUT2D eigenvalue weighted by molar-refractivity contribution is 0.0127. The molecule has 33 heteroatoms. The maximum atomic E-state index is 13.1. The summed E-state index contributed by atoms with van der Waals surface area (Å²) in [6.45, 7) is 64.2. The number of sulfonamides is 2. The van der Waals surface area contributed by atoms with Crippen LogP contribution in [-0.4, -0.2) is 171 Å². The fourth-order valence-electron chi connectivity index (χ4n) is 14.5. The fraction of sp³-hybridized carbons (Fsp3) is 0.617. The maximum Gasteiger partial charge on any atom is 0.316 e. The predicted octanol–water partition coefficient (Wildman–Crippen LogP) is 24.6. The van der Waals surface area contributed by atoms with Crippen molar-refractivity contribution in [2.45, 2.75) is 331 Å². The van der Waals surface area contributed by atoms with E-state index in [-0.39, 0.29) is 43.9 Å². The van der Waals surface area contributed by atoms with Crippen LogP contribution in [0.5, 0.6) is 6.01 Å². The van der Waals surface area contributed by atoms with Crippen molar-refractivity contribution in [1.29, 1.82) is 0 Å². The molecule has 1 aromatic carbocycles. The molecule has 3 saturated carbocycles. The van der Waals surface area contributed by atoms with Gasteiger partial charge in [-0.2, -0.15) is 8.78 Å². The summed E-state index contributed by atoms with van der Waals surface area (Å²) in [5.74, 6) is 10.6. The molecule has 0 bridgehead atoms. The first-order valence-corrected chi connectivity index (χ1v) is 57.6. The zero-order valence-corrected chi connectivity index (χ0v) is 96.4. The molecule has 0 radical (unpaired) electrons. The number of hydrogen-bond donors (Lipinski definition) is 2. The Morgan fingerprint density at radius 3 is 1.54 bits per heavy atom. The maximum absolute atomic E-state index is 13.1. The molecule has 5 fully saturated rings. The molecule has 818 valence electrons. The highest BCUT2D eigenvalue weighted by molar-refractivity contribution is 7.91. The normalized spacial score (nSPS) is 14.6. The Morgan fingerprint density at radius 1 is 0.486 bits per heavy atom. The zero-order valence-electron chi connectivity index (χ0n) is 94.0. The Morgan fingerprint density at radius 2 is 1.03 bits per heavy atom. The van der Waals surface area contributed by atoms with Gasteiger partial charge in [-0.15, -0.1) is 16.6 Å². The third-order valence-corrected chi connectivity index (χ3v) is 28.1. The third-order valence-electron chi connectivity index (χ3n) is 22.5. The van der Waals surface area contributed by atoms with Gasteiger partial charge in [0.25, 0.3) is 5.92 Å². The van der Waals surface area contributed by atoms with E-state index in [0.717, 1.165) is 210 Å². The molecule has 2 N–H and O–H groups in total. The number of ether oxygens (including phenoxy) is 2. The van der Waals surface area contributed by atoms with Gasteiger partial charge >= 0.3 is 6.01 Å². The highest BCUT2D eigenvalue weighted by Crippen LogP contribution is 2.37. The van der Waals surface area contributed by atoms with E-state index in [2.05, 4.69) is 257 Å². The minimum absolute atomic E-state index is 0.0790. The van der Waals surface area contributed by atoms with Crippen molar-refractivity contribution in [2.24, 2.45) is 62.1 Å². The lowest BCUT2D eigenvalue weighted by Crippen LogP contribution is -2.36. The minimum Gasteiger partial charge on any atom is -0.463 e. The molecular weight excluding hydrogens is 1930 g/mol. The predicted molar refractivity (Wildman–Crippen MR) is 593 cm³/mol. The van der Waals surface area contributed by atoms with Crippen LogP contribution in [0.15, 0.2) is 167 Å². The van der Waals surface area contributed by atoms with Crippen molar-refractivity contribution >= 4 is 41.5 Å². The lowest BCUT2D eigenvalue weighted by atomic mass is 9.85. The monoisotopic (exact) mass is 2100 g/mol. The van der Waals surface area contributed by atoms with E-state index >= 15 is 0 Å². The molecule has 0 amide bonds. The number of rotatable bonds is 30. The second kappa shape index (κ2) is 60.8. The number of sulfone groups is 1. The number of pyridine rings is 3. The van der Waals surface area contributed by atoms with E-state index in [4.69, 9.17) is 29.8 Å². The molecule has 15 rings (SSSR count). The molecule has 2 aliphatic heterocycles. The van der Waals surface area contributed by atoms with Gasteiger partial charge < -0.3 is 28.2 Å². The van der Waals surface area contributed by atoms with Gasteiger partial charge in [0.2, 0.25) is 31.8 Å². The molecule has 10 aromatic rings. The van der Waals surface area contributed by atoms with Gasteiger partial charge in [-0.1, -0.05) is 234 Å². The molecule has 3 aliphatic carbocycles. The second-order valence-electron chi connectivity index (χ2n) is 47.8. The minimum atomic E-state index is -3.31. The number of terminal acetylenes is 1. The Balaban J connectivity index is 0.000000252. The van der Waals surface area contributed by atoms with Gasteiger partial charge in [0, 0.05) is 150 Å². The van der Waals surface area contributed by atoms with Gasteiger partial charge in [-0.25, -0.2) is 79.6 Å². The standard InChI is InChI=1S/C16H19F2N3.C14H23N3.C13H16N2O.C12H19N3O.C12H15N.C11H18N2O.C11H17NO2S.C10H16N2O.C8H17NO2S.C8H16O2S/c1-15(2,3)7-14-20-9-12(10-21-14)11-5-6-13(19-8-11)16(4,17)18;1-14(2,3)11-12-15-8-7-13(16-12)17-9-5-4-6-10-17;1-13(2,3)9-10-8-12(16-15-10)11-6-4-5-7-14-11;1-10(2)9-11-13-4-3-12(14-11)15-5-7-16-8-6-15;1-5-10-7-6-8-11(13-10)9-12(2,3)4;1-11(2,3)7-9-12-13-10(14-9)8-5-4-6-8;1-10(2)8-9-12-15(13,14)11-6-4-3-5-7-11;1-10(2,3)5-8-13-9-11-6-4-7-12-9;1-7(2)5-6-9-12(10,11)8-3-4-8;1-7(2)5-11(9,10)6-8-3-4-8/h5-6,8-10H,7H2,1-4H3;7-8H,4-6,9-11H2,1-3H3;4-8H,9H2,1-3H3;3-4,10H,5-9H2,1-2H3;1,6-8H,9H2,2-4H3;8H,4-7H2,1-3H3;3-7,10,12H,8-9H2,1-2H3;4,6-7H,5,8H2,1-3H3;7-9H,3-6H2,1-2H3;7-8H,3-6H2,1-2H3. The Kier molecular flexibility index (Phi) is 52.0. The van der Waals surface area contributed by atoms with Crippen molar-refractivity contribution in [3.63, 3.8) is 0 Å². The van der Waals surface area contributed by atoms with Crippen LogP contribution in [0, 0.1) is 74.4 Å². The first-order chi connectivity index (χ1) is 69.2. The van der Waals surface area contributed by atoms with E-state index in [1.54, 1.807) is 73.4 Å². The summed E-state index contributed by atoms with van der Waals surface area (Å²) in [5.41, 5.74) is 6.25. The Labute approximate surface area is 887 Å². The van der Waals surface area contributed by atoms with E-state index < -0.39 is 35.8 Å². The van der Waals surface area contributed by atoms with Crippen LogP contribution >= 0.6 is 0 Å². The molecule has 9 aromatic heterocycles. The second-order valence-corrected chi connectivity index (χ2v) is 53.8. The van der Waals surface area contributed by atoms with Crippen LogP contribution in [0.2, 0.25) is 0 Å². The van der Waals surface area contributed by atoms with Crippen molar-refractivity contribution in [2.75, 3.05) is 80.4 Å². The summed E-state index contributed by atoms with van der Waals surface area (Å²) in [6, 6.07) is 31.2. The Bertz CT molecular complexity index is 5800. The summed E-state index contributed by atoms with van der Waals surface area (Å²) in [6.07, 6.45) is 38.8. The summed E-state index contributed by atoms with van der Waals surface area (Å²) >= 11 is 0. The molecule has 148 heavy (non-hydrogen) atoms. The van der Waals surface area contributed by atoms with Gasteiger partial charge in [-0.3, -0.25) is 9.97 Å². The number of halogens is 2. The van der Waals surface area contributed by atoms with Crippen LogP contribution in [0.1, 0.15) is 328 Å². The summed E-state index contributed by atoms with van der Waals surface area (Å²) in [7, 11) is -8.96. The first kappa shape index (κ1) is 127. The van der Waals surface area contributed by atoms with Gasteiger partial charge in [0.15, 0.2) is 15.6 Å². The third kappa shape index (κ3) is 56.1. The van der Waals surface area contributed by atoms with Gasteiger partial charge in [0.1, 0.15) is 46.2 Å². The van der Waals surface area contributed by atoms with Crippen LogP contribution in [0.4, 0.5) is 20.4 Å². The molecule has 28 nitrogen and oxygen atoms in total. The lowest BCUT2D eigenvalue weighted by Gasteiger charge is -2.28. The average molecular weight is 2100 g/mol.